The third kappa shape index (κ3) is 14.7. The van der Waals surface area contributed by atoms with E-state index in [1.54, 1.807) is 12.2 Å². The summed E-state index contributed by atoms with van der Waals surface area (Å²) < 4.78 is 0. The van der Waals surface area contributed by atoms with Gasteiger partial charge in [0.2, 0.25) is 0 Å². The molecule has 0 aliphatic heterocycles. The summed E-state index contributed by atoms with van der Waals surface area (Å²) >= 11 is 0. The van der Waals surface area contributed by atoms with Gasteiger partial charge >= 0.3 is 0 Å². The van der Waals surface area contributed by atoms with Gasteiger partial charge in [-0.05, 0) is 24.5 Å². The van der Waals surface area contributed by atoms with Crippen LogP contribution in [0.25, 0.3) is 0 Å². The van der Waals surface area contributed by atoms with Crippen LogP contribution in [0, 0.1) is 0 Å². The van der Waals surface area contributed by atoms with E-state index in [-0.39, 0.29) is 0 Å². The number of hydrogen-bond acceptors (Lipinski definition) is 2. The van der Waals surface area contributed by atoms with Crippen LogP contribution in [0.3, 0.4) is 0 Å². The van der Waals surface area contributed by atoms with E-state index in [4.69, 9.17) is 11.5 Å². The summed E-state index contributed by atoms with van der Waals surface area (Å²) in [5.74, 6) is 0. The fraction of sp³-hybridized carbons (Fsp3) is 0.429. The molecule has 0 bridgehead atoms. The maximum atomic E-state index is 6.01. The van der Waals surface area contributed by atoms with Crippen molar-refractivity contribution < 1.29 is 0 Å². The minimum absolute atomic E-state index is 0.522. The summed E-state index contributed by atoms with van der Waals surface area (Å²) in [4.78, 5) is 0. The van der Waals surface area contributed by atoms with Gasteiger partial charge in [-0.25, -0.2) is 0 Å². The fourth-order valence-corrected chi connectivity index (χ4v) is 1.27. The van der Waals surface area contributed by atoms with Crippen LogP contribution < -0.4 is 11.5 Å². The van der Waals surface area contributed by atoms with Crippen molar-refractivity contribution in [1.29, 1.82) is 0 Å². The Morgan fingerprint density at radius 1 is 0.783 bits per heavy atom. The Kier molecular flexibility index (Phi) is 31.7. The number of rotatable bonds is 6. The van der Waals surface area contributed by atoms with Crippen molar-refractivity contribution in [2.45, 2.75) is 61.8 Å². The molecule has 4 N–H and O–H groups in total. The molecule has 0 unspecified atom stereocenters. The zero-order valence-electron chi connectivity index (χ0n) is 16.7. The van der Waals surface area contributed by atoms with Crippen LogP contribution in [-0.2, 0) is 0 Å². The van der Waals surface area contributed by atoms with Crippen molar-refractivity contribution >= 4 is 0 Å². The molecule has 0 radical (unpaired) electrons. The molecular weight excluding hydrogens is 280 g/mol. The molecule has 2 heteroatoms. The lowest BCUT2D eigenvalue weighted by atomic mass is 10.1. The predicted molar refractivity (Wildman–Crippen MR) is 111 cm³/mol. The molecule has 0 aliphatic rings. The third-order valence-corrected chi connectivity index (χ3v) is 2.23. The van der Waals surface area contributed by atoms with Gasteiger partial charge in [0.1, 0.15) is 0 Å². The monoisotopic (exact) mass is 320 g/mol. The highest BCUT2D eigenvalue weighted by Gasteiger charge is 2.03. The van der Waals surface area contributed by atoms with Crippen LogP contribution in [0.5, 0.6) is 0 Å². The van der Waals surface area contributed by atoms with Crippen LogP contribution in [0.15, 0.2) is 72.2 Å². The molecule has 0 aliphatic carbocycles. The minimum atomic E-state index is 0.522. The minimum Gasteiger partial charge on any atom is -0.397 e. The van der Waals surface area contributed by atoms with Crippen LogP contribution in [0.2, 0.25) is 0 Å². The molecule has 0 aromatic rings. The summed E-state index contributed by atoms with van der Waals surface area (Å²) in [6.45, 7) is 23.4. The molecule has 0 saturated carbocycles. The molecule has 0 rings (SSSR count). The highest BCUT2D eigenvalue weighted by atomic mass is 14.7. The topological polar surface area (TPSA) is 52.0 Å². The van der Waals surface area contributed by atoms with Crippen LogP contribution in [0.4, 0.5) is 0 Å². The second-order valence-corrected chi connectivity index (χ2v) is 3.46. The molecule has 0 aromatic heterocycles. The first-order chi connectivity index (χ1) is 11.1. The zero-order valence-corrected chi connectivity index (χ0v) is 16.7. The summed E-state index contributed by atoms with van der Waals surface area (Å²) in [6.07, 6.45) is 12.0. The Morgan fingerprint density at radius 2 is 1.13 bits per heavy atom. The van der Waals surface area contributed by atoms with Crippen molar-refractivity contribution in [3.63, 3.8) is 0 Å². The van der Waals surface area contributed by atoms with Gasteiger partial charge in [-0.2, -0.15) is 0 Å². The highest BCUT2D eigenvalue weighted by molar-refractivity contribution is 5.48. The van der Waals surface area contributed by atoms with Crippen molar-refractivity contribution in [3.05, 3.63) is 72.2 Å². The quantitative estimate of drug-likeness (QED) is 0.556. The van der Waals surface area contributed by atoms with Crippen molar-refractivity contribution in [1.82, 2.24) is 0 Å². The molecular formula is C21H40N2. The van der Waals surface area contributed by atoms with E-state index in [0.717, 1.165) is 17.6 Å². The normalized spacial score (nSPS) is 11.7. The average molecular weight is 321 g/mol. The Hall–Kier alpha value is -1.96. The lowest BCUT2D eigenvalue weighted by Crippen LogP contribution is -2.13. The average Bonchev–Trinajstić information content (AvgIpc) is 2.64. The molecule has 23 heavy (non-hydrogen) atoms. The van der Waals surface area contributed by atoms with Crippen LogP contribution >= 0.6 is 0 Å². The molecule has 0 fully saturated rings. The summed E-state index contributed by atoms with van der Waals surface area (Å²) in [6, 6.07) is 0. The van der Waals surface area contributed by atoms with E-state index in [1.165, 1.54) is 0 Å². The Morgan fingerprint density at radius 3 is 1.39 bits per heavy atom. The van der Waals surface area contributed by atoms with E-state index in [1.807, 2.05) is 72.8 Å². The van der Waals surface area contributed by atoms with E-state index in [0.29, 0.717) is 11.4 Å². The van der Waals surface area contributed by atoms with Crippen molar-refractivity contribution in [3.8, 4) is 0 Å². The Bertz CT molecular complexity index is 394. The van der Waals surface area contributed by atoms with Gasteiger partial charge in [0.15, 0.2) is 0 Å². The number of allylic oxidation sites excluding steroid dienone is 8. The van der Waals surface area contributed by atoms with Crippen molar-refractivity contribution in [2.24, 2.45) is 11.5 Å². The standard InChI is InChI=1S/C15H22N2.3C2H6/c1-5-9-11-13(8-4)15(17)14(16)12(7-3)10-6-2;3*1-2/h6-11H,3-5,16-17H2,1-2H3;3*1-2H3/b10-6-,11-9-,14-12-,15-13-;;;. The second-order valence-electron chi connectivity index (χ2n) is 3.46. The molecule has 2 nitrogen and oxygen atoms in total. The number of hydrogen-bond donors (Lipinski definition) is 2. The van der Waals surface area contributed by atoms with Gasteiger partial charge < -0.3 is 11.5 Å². The Labute approximate surface area is 146 Å². The maximum absolute atomic E-state index is 6.01. The van der Waals surface area contributed by atoms with Gasteiger partial charge in [0, 0.05) is 0 Å². The third-order valence-electron chi connectivity index (χ3n) is 2.23. The van der Waals surface area contributed by atoms with Gasteiger partial charge in [0.25, 0.3) is 0 Å². The Balaban J connectivity index is -0.000000267. The van der Waals surface area contributed by atoms with Crippen LogP contribution in [0.1, 0.15) is 61.8 Å². The lowest BCUT2D eigenvalue weighted by Gasteiger charge is -2.08. The van der Waals surface area contributed by atoms with E-state index >= 15 is 0 Å². The first-order valence-corrected chi connectivity index (χ1v) is 8.66. The first-order valence-electron chi connectivity index (χ1n) is 8.66. The smallest absolute Gasteiger partial charge is 0.0627 e. The van der Waals surface area contributed by atoms with E-state index < -0.39 is 0 Å². The van der Waals surface area contributed by atoms with Gasteiger partial charge in [-0.1, -0.05) is 98.1 Å². The molecule has 0 aromatic carbocycles. The van der Waals surface area contributed by atoms with Gasteiger partial charge in [0.05, 0.1) is 11.4 Å². The largest absolute Gasteiger partial charge is 0.397 e. The van der Waals surface area contributed by atoms with Gasteiger partial charge in [-0.15, -0.1) is 0 Å². The lowest BCUT2D eigenvalue weighted by molar-refractivity contribution is 1.18. The molecule has 0 spiro atoms. The van der Waals surface area contributed by atoms with E-state index in [2.05, 4.69) is 20.1 Å². The summed E-state index contributed by atoms with van der Waals surface area (Å²) in [5.41, 5.74) is 14.7. The van der Waals surface area contributed by atoms with Gasteiger partial charge in [-0.3, -0.25) is 0 Å². The maximum Gasteiger partial charge on any atom is 0.0627 e. The predicted octanol–water partition coefficient (Wildman–Crippen LogP) is 6.40. The summed E-state index contributed by atoms with van der Waals surface area (Å²) in [7, 11) is 0. The first kappa shape index (κ1) is 29.1. The molecule has 0 atom stereocenters. The molecule has 0 heterocycles. The zero-order chi connectivity index (χ0) is 19.3. The number of nitrogens with two attached hydrogens (primary N) is 2. The van der Waals surface area contributed by atoms with Crippen molar-refractivity contribution in [2.75, 3.05) is 0 Å². The SMILES string of the molecule is C=CC(/C=C\C)=C(N)\C(N)=C(C=C)\C=C/CC.CC.CC.CC. The molecule has 0 amide bonds. The van der Waals surface area contributed by atoms with E-state index in [9.17, 15) is 0 Å². The highest BCUT2D eigenvalue weighted by Crippen LogP contribution is 2.13. The summed E-state index contributed by atoms with van der Waals surface area (Å²) in [5, 5.41) is 0. The second kappa shape index (κ2) is 25.0. The fourth-order valence-electron chi connectivity index (χ4n) is 1.27. The van der Waals surface area contributed by atoms with Crippen LogP contribution in [-0.4, -0.2) is 0 Å². The molecule has 0 saturated heterocycles. The molecule has 134 valence electrons.